The molecule has 1 N–H and O–H groups in total. The Hall–Kier alpha value is -2.34. The molecular weight excluding hydrogens is 425 g/mol. The summed E-state index contributed by atoms with van der Waals surface area (Å²) >= 11 is 2.18. The number of halogens is 1. The average Bonchev–Trinajstić information content (AvgIpc) is 2.62. The minimum Gasteiger partial charge on any atom is -0.489 e. The quantitative estimate of drug-likeness (QED) is 0.534. The zero-order chi connectivity index (χ0) is 17.6. The van der Waals surface area contributed by atoms with Crippen molar-refractivity contribution in [2.24, 2.45) is 0 Å². The van der Waals surface area contributed by atoms with E-state index < -0.39 is 0 Å². The fourth-order valence-corrected chi connectivity index (χ4v) is 3.29. The van der Waals surface area contributed by atoms with Gasteiger partial charge in [0.05, 0.1) is 5.56 Å². The van der Waals surface area contributed by atoms with E-state index in [1.54, 1.807) is 0 Å². The molecular formula is C21H18INO2. The van der Waals surface area contributed by atoms with Gasteiger partial charge in [0, 0.05) is 9.26 Å². The van der Waals surface area contributed by atoms with E-state index in [2.05, 4.69) is 27.9 Å². The lowest BCUT2D eigenvalue weighted by Gasteiger charge is -2.09. The molecule has 0 fully saturated rings. The Labute approximate surface area is 161 Å². The number of aryl methyl sites for hydroxylation is 1. The fourth-order valence-electron chi connectivity index (χ4n) is 2.38. The van der Waals surface area contributed by atoms with Crippen LogP contribution in [-0.4, -0.2) is 5.91 Å². The number of carbonyl (C=O) groups is 1. The maximum absolute atomic E-state index is 12.4. The van der Waals surface area contributed by atoms with Crippen LogP contribution in [0, 0.1) is 10.5 Å². The van der Waals surface area contributed by atoms with Gasteiger partial charge in [0.25, 0.3) is 5.91 Å². The monoisotopic (exact) mass is 443 g/mol. The van der Waals surface area contributed by atoms with Crippen molar-refractivity contribution in [1.29, 1.82) is 0 Å². The SMILES string of the molecule is Cc1ccc(C(=O)Nc2ccc(OCc3ccccc3)cc2)c(I)c1. The average molecular weight is 443 g/mol. The molecule has 3 nitrogen and oxygen atoms in total. The van der Waals surface area contributed by atoms with E-state index >= 15 is 0 Å². The second-order valence-corrected chi connectivity index (χ2v) is 6.90. The minimum absolute atomic E-state index is 0.109. The molecule has 0 saturated carbocycles. The Morgan fingerprint density at radius 3 is 2.40 bits per heavy atom. The van der Waals surface area contributed by atoms with Crippen molar-refractivity contribution in [3.63, 3.8) is 0 Å². The standard InChI is InChI=1S/C21H18INO2/c1-15-7-12-19(20(22)13-15)21(24)23-17-8-10-18(11-9-17)25-14-16-5-3-2-4-6-16/h2-13H,14H2,1H3,(H,23,24). The Bertz CT molecular complexity index is 861. The van der Waals surface area contributed by atoms with Crippen LogP contribution in [-0.2, 0) is 6.61 Å². The van der Waals surface area contributed by atoms with Crippen LogP contribution in [0.1, 0.15) is 21.5 Å². The first-order valence-electron chi connectivity index (χ1n) is 7.96. The number of hydrogen-bond donors (Lipinski definition) is 1. The summed E-state index contributed by atoms with van der Waals surface area (Å²) in [4.78, 5) is 12.4. The molecule has 0 atom stereocenters. The van der Waals surface area contributed by atoms with Gasteiger partial charge in [0.15, 0.2) is 0 Å². The number of rotatable bonds is 5. The third-order valence-corrected chi connectivity index (χ3v) is 4.62. The number of benzene rings is 3. The molecule has 3 aromatic rings. The number of carbonyl (C=O) groups excluding carboxylic acids is 1. The van der Waals surface area contributed by atoms with Crippen molar-refractivity contribution in [2.45, 2.75) is 13.5 Å². The first-order valence-corrected chi connectivity index (χ1v) is 9.04. The molecule has 0 radical (unpaired) electrons. The van der Waals surface area contributed by atoms with Crippen LogP contribution in [0.3, 0.4) is 0 Å². The predicted molar refractivity (Wildman–Crippen MR) is 109 cm³/mol. The Morgan fingerprint density at radius 2 is 1.72 bits per heavy atom. The van der Waals surface area contributed by atoms with Crippen LogP contribution < -0.4 is 10.1 Å². The van der Waals surface area contributed by atoms with Gasteiger partial charge in [-0.3, -0.25) is 4.79 Å². The molecule has 25 heavy (non-hydrogen) atoms. The summed E-state index contributed by atoms with van der Waals surface area (Å²) in [5.41, 5.74) is 3.68. The summed E-state index contributed by atoms with van der Waals surface area (Å²) in [6.45, 7) is 2.53. The molecule has 0 saturated heterocycles. The summed E-state index contributed by atoms with van der Waals surface area (Å²) in [7, 11) is 0. The molecule has 0 spiro atoms. The first-order chi connectivity index (χ1) is 12.1. The maximum Gasteiger partial charge on any atom is 0.256 e. The van der Waals surface area contributed by atoms with E-state index in [1.165, 1.54) is 0 Å². The number of ether oxygens (including phenoxy) is 1. The molecule has 0 aliphatic rings. The lowest BCUT2D eigenvalue weighted by Crippen LogP contribution is -2.13. The Morgan fingerprint density at radius 1 is 1.00 bits per heavy atom. The smallest absolute Gasteiger partial charge is 0.256 e. The van der Waals surface area contributed by atoms with E-state index in [-0.39, 0.29) is 5.91 Å². The van der Waals surface area contributed by atoms with Gasteiger partial charge in [-0.1, -0.05) is 42.0 Å². The van der Waals surface area contributed by atoms with E-state index in [1.807, 2.05) is 79.7 Å². The highest BCUT2D eigenvalue weighted by Gasteiger charge is 2.10. The van der Waals surface area contributed by atoms with Gasteiger partial charge < -0.3 is 10.1 Å². The zero-order valence-corrected chi connectivity index (χ0v) is 16.0. The summed E-state index contributed by atoms with van der Waals surface area (Å²) in [6, 6.07) is 23.2. The number of amides is 1. The lowest BCUT2D eigenvalue weighted by atomic mass is 10.1. The maximum atomic E-state index is 12.4. The van der Waals surface area contributed by atoms with Crippen LogP contribution in [0.5, 0.6) is 5.75 Å². The van der Waals surface area contributed by atoms with Crippen molar-refractivity contribution < 1.29 is 9.53 Å². The van der Waals surface area contributed by atoms with Crippen LogP contribution >= 0.6 is 22.6 Å². The summed E-state index contributed by atoms with van der Waals surface area (Å²) in [5.74, 6) is 0.661. The Balaban J connectivity index is 1.61. The van der Waals surface area contributed by atoms with Gasteiger partial charge in [0.1, 0.15) is 12.4 Å². The van der Waals surface area contributed by atoms with E-state index in [0.29, 0.717) is 12.2 Å². The molecule has 1 amide bonds. The number of anilines is 1. The predicted octanol–water partition coefficient (Wildman–Crippen LogP) is 5.43. The minimum atomic E-state index is -0.109. The van der Waals surface area contributed by atoms with E-state index in [9.17, 15) is 4.79 Å². The van der Waals surface area contributed by atoms with Crippen LogP contribution in [0.15, 0.2) is 72.8 Å². The van der Waals surface area contributed by atoms with Gasteiger partial charge in [0.2, 0.25) is 0 Å². The van der Waals surface area contributed by atoms with Crippen LogP contribution in [0.2, 0.25) is 0 Å². The molecule has 4 heteroatoms. The number of hydrogen-bond acceptors (Lipinski definition) is 2. The van der Waals surface area contributed by atoms with Gasteiger partial charge in [-0.2, -0.15) is 0 Å². The van der Waals surface area contributed by atoms with Crippen molar-refractivity contribution in [3.05, 3.63) is 93.1 Å². The van der Waals surface area contributed by atoms with E-state index in [4.69, 9.17) is 4.74 Å². The summed E-state index contributed by atoms with van der Waals surface area (Å²) in [5, 5.41) is 2.92. The zero-order valence-electron chi connectivity index (χ0n) is 13.8. The van der Waals surface area contributed by atoms with Gasteiger partial charge in [-0.25, -0.2) is 0 Å². The highest BCUT2D eigenvalue weighted by Crippen LogP contribution is 2.19. The third kappa shape index (κ3) is 4.82. The molecule has 0 bridgehead atoms. The molecule has 0 aromatic heterocycles. The highest BCUT2D eigenvalue weighted by atomic mass is 127. The normalized spacial score (nSPS) is 10.3. The molecule has 0 aliphatic carbocycles. The molecule has 0 aliphatic heterocycles. The van der Waals surface area contributed by atoms with Crippen molar-refractivity contribution in [1.82, 2.24) is 0 Å². The summed E-state index contributed by atoms with van der Waals surface area (Å²) < 4.78 is 6.70. The number of nitrogens with one attached hydrogen (secondary N) is 1. The van der Waals surface area contributed by atoms with Crippen molar-refractivity contribution >= 4 is 34.2 Å². The molecule has 3 aromatic carbocycles. The molecule has 3 rings (SSSR count). The van der Waals surface area contributed by atoms with Gasteiger partial charge >= 0.3 is 0 Å². The Kier molecular flexibility index (Phi) is 5.71. The van der Waals surface area contributed by atoms with Gasteiger partial charge in [-0.15, -0.1) is 0 Å². The van der Waals surface area contributed by atoms with Crippen molar-refractivity contribution in [2.75, 3.05) is 5.32 Å². The van der Waals surface area contributed by atoms with E-state index in [0.717, 1.165) is 26.1 Å². The summed E-state index contributed by atoms with van der Waals surface area (Å²) in [6.07, 6.45) is 0. The van der Waals surface area contributed by atoms with Crippen LogP contribution in [0.4, 0.5) is 5.69 Å². The molecule has 0 unspecified atom stereocenters. The first kappa shape index (κ1) is 17.5. The van der Waals surface area contributed by atoms with Crippen molar-refractivity contribution in [3.8, 4) is 5.75 Å². The topological polar surface area (TPSA) is 38.3 Å². The van der Waals surface area contributed by atoms with Crippen LogP contribution in [0.25, 0.3) is 0 Å². The second-order valence-electron chi connectivity index (χ2n) is 5.74. The third-order valence-electron chi connectivity index (χ3n) is 3.73. The van der Waals surface area contributed by atoms with Gasteiger partial charge in [-0.05, 0) is 71.5 Å². The highest BCUT2D eigenvalue weighted by molar-refractivity contribution is 14.1. The molecule has 126 valence electrons. The lowest BCUT2D eigenvalue weighted by molar-refractivity contribution is 0.102. The molecule has 0 heterocycles. The largest absolute Gasteiger partial charge is 0.489 e. The second kappa shape index (κ2) is 8.16. The fraction of sp³-hybridized carbons (Fsp3) is 0.0952.